The molecule has 1 aliphatic heterocycles. The maximum absolute atomic E-state index is 12.9. The standard InChI is InChI=1S/C12H15F2NO/c13-10-6-11(14)8-12(7-10)16-9-15-4-2-1-3-5-15/h6-8H,1-5,9H2. The minimum Gasteiger partial charge on any atom is -0.478 e. The van der Waals surface area contributed by atoms with Crippen molar-refractivity contribution in [2.24, 2.45) is 0 Å². The van der Waals surface area contributed by atoms with Crippen LogP contribution in [0.3, 0.4) is 0 Å². The molecule has 0 atom stereocenters. The zero-order valence-corrected chi connectivity index (χ0v) is 9.09. The average Bonchev–Trinajstić information content (AvgIpc) is 2.27. The lowest BCUT2D eigenvalue weighted by molar-refractivity contribution is 0.106. The van der Waals surface area contributed by atoms with Gasteiger partial charge in [-0.05, 0) is 12.8 Å². The third kappa shape index (κ3) is 3.17. The topological polar surface area (TPSA) is 12.5 Å². The Bertz CT molecular complexity index is 331. The van der Waals surface area contributed by atoms with Crippen LogP contribution in [0.1, 0.15) is 19.3 Å². The Labute approximate surface area is 93.8 Å². The summed E-state index contributed by atoms with van der Waals surface area (Å²) >= 11 is 0. The quantitative estimate of drug-likeness (QED) is 0.787. The van der Waals surface area contributed by atoms with Crippen molar-refractivity contribution in [1.82, 2.24) is 4.90 Å². The average molecular weight is 227 g/mol. The molecule has 1 heterocycles. The number of benzene rings is 1. The highest BCUT2D eigenvalue weighted by molar-refractivity contribution is 5.23. The maximum Gasteiger partial charge on any atom is 0.142 e. The number of nitrogens with zero attached hydrogens (tertiary/aromatic N) is 1. The van der Waals surface area contributed by atoms with E-state index in [0.29, 0.717) is 6.73 Å². The van der Waals surface area contributed by atoms with Gasteiger partial charge < -0.3 is 4.74 Å². The van der Waals surface area contributed by atoms with E-state index in [1.54, 1.807) is 0 Å². The molecule has 0 aliphatic carbocycles. The number of ether oxygens (including phenoxy) is 1. The normalized spacial score (nSPS) is 17.4. The lowest BCUT2D eigenvalue weighted by atomic mass is 10.1. The van der Waals surface area contributed by atoms with Crippen LogP contribution >= 0.6 is 0 Å². The van der Waals surface area contributed by atoms with Gasteiger partial charge in [0.15, 0.2) is 0 Å². The second-order valence-electron chi connectivity index (χ2n) is 4.06. The Balaban J connectivity index is 1.88. The van der Waals surface area contributed by atoms with E-state index in [-0.39, 0.29) is 5.75 Å². The Morgan fingerprint density at radius 2 is 1.62 bits per heavy atom. The molecule has 0 amide bonds. The van der Waals surface area contributed by atoms with E-state index in [4.69, 9.17) is 4.74 Å². The summed E-state index contributed by atoms with van der Waals surface area (Å²) in [7, 11) is 0. The van der Waals surface area contributed by atoms with Crippen molar-refractivity contribution < 1.29 is 13.5 Å². The zero-order valence-electron chi connectivity index (χ0n) is 9.09. The van der Waals surface area contributed by atoms with Gasteiger partial charge in [0, 0.05) is 31.3 Å². The molecule has 2 rings (SSSR count). The minimum absolute atomic E-state index is 0.253. The van der Waals surface area contributed by atoms with E-state index in [0.717, 1.165) is 19.2 Å². The van der Waals surface area contributed by atoms with Crippen molar-refractivity contribution in [2.75, 3.05) is 19.8 Å². The molecule has 4 heteroatoms. The van der Waals surface area contributed by atoms with Crippen LogP contribution in [-0.4, -0.2) is 24.7 Å². The van der Waals surface area contributed by atoms with E-state index in [9.17, 15) is 8.78 Å². The Morgan fingerprint density at radius 3 is 2.25 bits per heavy atom. The van der Waals surface area contributed by atoms with E-state index in [2.05, 4.69) is 4.90 Å². The zero-order chi connectivity index (χ0) is 11.4. The molecule has 1 fully saturated rings. The molecule has 0 N–H and O–H groups in total. The highest BCUT2D eigenvalue weighted by atomic mass is 19.1. The van der Waals surface area contributed by atoms with Gasteiger partial charge in [-0.2, -0.15) is 0 Å². The van der Waals surface area contributed by atoms with Crippen LogP contribution < -0.4 is 4.74 Å². The van der Waals surface area contributed by atoms with Crippen molar-refractivity contribution in [3.63, 3.8) is 0 Å². The van der Waals surface area contributed by atoms with E-state index >= 15 is 0 Å². The molecule has 1 saturated heterocycles. The molecule has 0 radical (unpaired) electrons. The first-order valence-corrected chi connectivity index (χ1v) is 5.55. The summed E-state index contributed by atoms with van der Waals surface area (Å²) in [6, 6.07) is 3.24. The number of halogens is 2. The molecule has 0 unspecified atom stereocenters. The van der Waals surface area contributed by atoms with Gasteiger partial charge in [-0.1, -0.05) is 6.42 Å². The van der Waals surface area contributed by atoms with Crippen LogP contribution in [0.15, 0.2) is 18.2 Å². The lowest BCUT2D eigenvalue weighted by Crippen LogP contribution is -2.33. The number of likely N-dealkylation sites (tertiary alicyclic amines) is 1. The predicted molar refractivity (Wildman–Crippen MR) is 57.3 cm³/mol. The molecular weight excluding hydrogens is 212 g/mol. The molecule has 1 aromatic carbocycles. The summed E-state index contributed by atoms with van der Waals surface area (Å²) in [6.45, 7) is 2.40. The van der Waals surface area contributed by atoms with Crippen molar-refractivity contribution in [3.05, 3.63) is 29.8 Å². The molecule has 0 saturated carbocycles. The largest absolute Gasteiger partial charge is 0.478 e. The fourth-order valence-corrected chi connectivity index (χ4v) is 1.87. The third-order valence-corrected chi connectivity index (χ3v) is 2.70. The fraction of sp³-hybridized carbons (Fsp3) is 0.500. The van der Waals surface area contributed by atoms with Gasteiger partial charge in [0.05, 0.1) is 0 Å². The molecule has 16 heavy (non-hydrogen) atoms. The number of rotatable bonds is 3. The van der Waals surface area contributed by atoms with Gasteiger partial charge in [0.25, 0.3) is 0 Å². The molecule has 0 spiro atoms. The van der Waals surface area contributed by atoms with Crippen molar-refractivity contribution in [1.29, 1.82) is 0 Å². The highest BCUT2D eigenvalue weighted by Crippen LogP contribution is 2.16. The minimum atomic E-state index is -0.603. The van der Waals surface area contributed by atoms with Gasteiger partial charge in [0.2, 0.25) is 0 Å². The second-order valence-corrected chi connectivity index (χ2v) is 4.06. The Morgan fingerprint density at radius 1 is 1.00 bits per heavy atom. The summed E-state index contributed by atoms with van der Waals surface area (Å²) < 4.78 is 31.1. The SMILES string of the molecule is Fc1cc(F)cc(OCN2CCCCC2)c1. The van der Waals surface area contributed by atoms with E-state index in [1.165, 1.54) is 31.4 Å². The van der Waals surface area contributed by atoms with Gasteiger partial charge in [0.1, 0.15) is 24.1 Å². The highest BCUT2D eigenvalue weighted by Gasteiger charge is 2.10. The smallest absolute Gasteiger partial charge is 0.142 e. The summed E-state index contributed by atoms with van der Waals surface area (Å²) in [5.74, 6) is -0.953. The summed E-state index contributed by atoms with van der Waals surface area (Å²) in [5.41, 5.74) is 0. The van der Waals surface area contributed by atoms with Crippen molar-refractivity contribution >= 4 is 0 Å². The summed E-state index contributed by atoms with van der Waals surface area (Å²) in [5, 5.41) is 0. The summed E-state index contributed by atoms with van der Waals surface area (Å²) in [6.07, 6.45) is 3.59. The molecule has 88 valence electrons. The lowest BCUT2D eigenvalue weighted by Gasteiger charge is -2.26. The van der Waals surface area contributed by atoms with Gasteiger partial charge in [-0.25, -0.2) is 8.78 Å². The van der Waals surface area contributed by atoms with Crippen LogP contribution in [0, 0.1) is 11.6 Å². The van der Waals surface area contributed by atoms with Gasteiger partial charge in [-0.15, -0.1) is 0 Å². The maximum atomic E-state index is 12.9. The predicted octanol–water partition coefficient (Wildman–Crippen LogP) is 2.79. The third-order valence-electron chi connectivity index (χ3n) is 2.70. The molecule has 1 aliphatic rings. The molecule has 0 bridgehead atoms. The van der Waals surface area contributed by atoms with Gasteiger partial charge >= 0.3 is 0 Å². The number of piperidine rings is 1. The Hall–Kier alpha value is -1.16. The van der Waals surface area contributed by atoms with Crippen molar-refractivity contribution in [3.8, 4) is 5.75 Å². The van der Waals surface area contributed by atoms with Crippen LogP contribution in [0.4, 0.5) is 8.78 Å². The van der Waals surface area contributed by atoms with Gasteiger partial charge in [-0.3, -0.25) is 4.90 Å². The monoisotopic (exact) mass is 227 g/mol. The van der Waals surface area contributed by atoms with Crippen molar-refractivity contribution in [2.45, 2.75) is 19.3 Å². The van der Waals surface area contributed by atoms with E-state index in [1.807, 2.05) is 0 Å². The molecule has 0 aromatic heterocycles. The van der Waals surface area contributed by atoms with Crippen LogP contribution in [0.5, 0.6) is 5.75 Å². The first kappa shape index (κ1) is 11.3. The first-order chi connectivity index (χ1) is 7.74. The fourth-order valence-electron chi connectivity index (χ4n) is 1.87. The van der Waals surface area contributed by atoms with Crippen LogP contribution in [-0.2, 0) is 0 Å². The molecule has 1 aromatic rings. The molecular formula is C12H15F2NO. The van der Waals surface area contributed by atoms with Crippen LogP contribution in [0.2, 0.25) is 0 Å². The number of hydrogen-bond acceptors (Lipinski definition) is 2. The summed E-state index contributed by atoms with van der Waals surface area (Å²) in [4.78, 5) is 2.15. The van der Waals surface area contributed by atoms with E-state index < -0.39 is 11.6 Å². The number of hydrogen-bond donors (Lipinski definition) is 0. The first-order valence-electron chi connectivity index (χ1n) is 5.55. The Kier molecular flexibility index (Phi) is 3.72. The molecule has 2 nitrogen and oxygen atoms in total. The van der Waals surface area contributed by atoms with Crippen LogP contribution in [0.25, 0.3) is 0 Å². The second kappa shape index (κ2) is 5.25.